The number of aliphatic hydroxyl groups excluding tert-OH is 2. The lowest BCUT2D eigenvalue weighted by molar-refractivity contribution is 0.190. The number of carbonyl (C=O) groups is 2. The second kappa shape index (κ2) is 10.3. The maximum Gasteiger partial charge on any atom is 0.321 e. The first-order valence-electron chi connectivity index (χ1n) is 10.9. The molecular weight excluding hydrogens is 456 g/mol. The molecule has 13 nitrogen and oxygen atoms in total. The average Bonchev–Trinajstić information content (AvgIpc) is 3.38. The summed E-state index contributed by atoms with van der Waals surface area (Å²) in [5, 5.41) is 28.7. The van der Waals surface area contributed by atoms with Gasteiger partial charge < -0.3 is 35.6 Å². The monoisotopic (exact) mass is 482 g/mol. The predicted octanol–water partition coefficient (Wildman–Crippen LogP) is 2.24. The summed E-state index contributed by atoms with van der Waals surface area (Å²) in [6.07, 6.45) is -1.31. The highest BCUT2D eigenvalue weighted by Crippen LogP contribution is 2.28. The van der Waals surface area contributed by atoms with Crippen LogP contribution >= 0.6 is 0 Å². The van der Waals surface area contributed by atoms with E-state index in [1.807, 2.05) is 0 Å². The summed E-state index contributed by atoms with van der Waals surface area (Å²) >= 11 is 0. The average molecular weight is 483 g/mol. The zero-order chi connectivity index (χ0) is 24.9. The van der Waals surface area contributed by atoms with Gasteiger partial charge in [-0.25, -0.2) is 19.6 Å². The number of anilines is 2. The van der Waals surface area contributed by atoms with Gasteiger partial charge in [0, 0.05) is 25.2 Å². The largest absolute Gasteiger partial charge is 0.457 e. The molecule has 0 saturated heterocycles. The SMILES string of the molecule is CC(O)CNC(=O)Nc1nc2ccc(Oc3ccc4nc(NC(=O)NCC(C)O)[nH]c4c3)cc2[nH]1. The molecule has 2 atom stereocenters. The Labute approximate surface area is 199 Å². The minimum Gasteiger partial charge on any atom is -0.457 e. The second-order valence-electron chi connectivity index (χ2n) is 8.00. The lowest BCUT2D eigenvalue weighted by atomic mass is 10.3. The summed E-state index contributed by atoms with van der Waals surface area (Å²) in [5.74, 6) is 1.61. The fourth-order valence-corrected chi connectivity index (χ4v) is 3.14. The van der Waals surface area contributed by atoms with Crippen molar-refractivity contribution in [2.75, 3.05) is 23.7 Å². The molecule has 2 aromatic heterocycles. The Hall–Kier alpha value is -4.36. The summed E-state index contributed by atoms with van der Waals surface area (Å²) in [4.78, 5) is 38.4. The van der Waals surface area contributed by atoms with E-state index in [2.05, 4.69) is 41.2 Å². The number of H-pyrrole nitrogens is 2. The Morgan fingerprint density at radius 3 is 1.66 bits per heavy atom. The lowest BCUT2D eigenvalue weighted by Gasteiger charge is -2.06. The molecule has 13 heteroatoms. The number of fused-ring (bicyclic) bond motifs is 2. The minimum absolute atomic E-state index is 0.123. The topological polar surface area (TPSA) is 189 Å². The quantitative estimate of drug-likeness (QED) is 0.189. The number of carbonyl (C=O) groups excluding carboxylic acids is 2. The van der Waals surface area contributed by atoms with E-state index in [-0.39, 0.29) is 25.0 Å². The van der Waals surface area contributed by atoms with E-state index >= 15 is 0 Å². The maximum absolute atomic E-state index is 11.9. The van der Waals surface area contributed by atoms with Gasteiger partial charge in [-0.3, -0.25) is 10.6 Å². The fourth-order valence-electron chi connectivity index (χ4n) is 3.14. The zero-order valence-corrected chi connectivity index (χ0v) is 19.0. The second-order valence-corrected chi connectivity index (χ2v) is 8.00. The van der Waals surface area contributed by atoms with Gasteiger partial charge in [0.1, 0.15) is 11.5 Å². The fraction of sp³-hybridized carbons (Fsp3) is 0.273. The van der Waals surface area contributed by atoms with Gasteiger partial charge in [-0.05, 0) is 38.1 Å². The molecule has 35 heavy (non-hydrogen) atoms. The number of rotatable bonds is 8. The van der Waals surface area contributed by atoms with Gasteiger partial charge in [0.25, 0.3) is 0 Å². The van der Waals surface area contributed by atoms with Crippen molar-refractivity contribution in [3.63, 3.8) is 0 Å². The maximum atomic E-state index is 11.9. The van der Waals surface area contributed by atoms with E-state index in [9.17, 15) is 19.8 Å². The Morgan fingerprint density at radius 1 is 0.829 bits per heavy atom. The van der Waals surface area contributed by atoms with Gasteiger partial charge >= 0.3 is 12.1 Å². The van der Waals surface area contributed by atoms with Crippen LogP contribution in [0.4, 0.5) is 21.5 Å². The van der Waals surface area contributed by atoms with Crippen LogP contribution in [0.25, 0.3) is 22.1 Å². The molecule has 4 aromatic rings. The lowest BCUT2D eigenvalue weighted by Crippen LogP contribution is -2.34. The number of aliphatic hydroxyl groups is 2. The molecule has 184 valence electrons. The van der Waals surface area contributed by atoms with Crippen molar-refractivity contribution in [1.82, 2.24) is 30.6 Å². The number of hydrogen-bond donors (Lipinski definition) is 8. The van der Waals surface area contributed by atoms with Crippen molar-refractivity contribution < 1.29 is 24.5 Å². The van der Waals surface area contributed by atoms with Gasteiger partial charge in [0.05, 0.1) is 34.3 Å². The standard InChI is InChI=1S/C22H26N8O5/c1-11(31)9-23-21(33)29-19-25-15-5-3-13(7-17(15)27-19)35-14-4-6-16-18(8-14)28-20(26-16)30-22(34)24-10-12(2)32/h3-8,11-12,31-32H,9-10H2,1-2H3,(H3,23,25,27,29,33)(H3,24,26,28,30,34). The number of hydrogen-bond acceptors (Lipinski definition) is 7. The molecule has 0 aliphatic rings. The van der Waals surface area contributed by atoms with Crippen molar-refractivity contribution in [1.29, 1.82) is 0 Å². The van der Waals surface area contributed by atoms with E-state index in [1.54, 1.807) is 50.2 Å². The number of nitrogens with one attached hydrogen (secondary N) is 6. The molecule has 4 rings (SSSR count). The summed E-state index contributed by atoms with van der Waals surface area (Å²) < 4.78 is 5.95. The zero-order valence-electron chi connectivity index (χ0n) is 19.0. The molecule has 0 spiro atoms. The van der Waals surface area contributed by atoms with Crippen molar-refractivity contribution in [2.45, 2.75) is 26.1 Å². The van der Waals surface area contributed by atoms with Crippen molar-refractivity contribution in [3.8, 4) is 11.5 Å². The number of aromatic amines is 2. The van der Waals surface area contributed by atoms with Crippen molar-refractivity contribution in [3.05, 3.63) is 36.4 Å². The predicted molar refractivity (Wildman–Crippen MR) is 130 cm³/mol. The molecule has 2 unspecified atom stereocenters. The van der Waals surface area contributed by atoms with Crippen LogP contribution in [0.2, 0.25) is 0 Å². The third-order valence-corrected chi connectivity index (χ3v) is 4.72. The van der Waals surface area contributed by atoms with Gasteiger partial charge in [0.2, 0.25) is 11.9 Å². The van der Waals surface area contributed by atoms with Crippen LogP contribution < -0.4 is 26.0 Å². The number of ether oxygens (including phenoxy) is 1. The molecule has 0 radical (unpaired) electrons. The number of imidazole rings is 2. The molecule has 0 aliphatic carbocycles. The van der Waals surface area contributed by atoms with Gasteiger partial charge in [-0.1, -0.05) is 0 Å². The molecule has 0 saturated carbocycles. The van der Waals surface area contributed by atoms with Crippen LogP contribution in [0.3, 0.4) is 0 Å². The van der Waals surface area contributed by atoms with Crippen molar-refractivity contribution in [2.24, 2.45) is 0 Å². The Morgan fingerprint density at radius 2 is 1.26 bits per heavy atom. The van der Waals surface area contributed by atoms with Gasteiger partial charge in [0.15, 0.2) is 0 Å². The molecule has 8 N–H and O–H groups in total. The Bertz CT molecular complexity index is 1240. The number of benzene rings is 2. The summed E-state index contributed by atoms with van der Waals surface area (Å²) in [5.41, 5.74) is 2.59. The normalized spacial score (nSPS) is 12.8. The van der Waals surface area contributed by atoms with Crippen LogP contribution in [0.5, 0.6) is 11.5 Å². The smallest absolute Gasteiger partial charge is 0.321 e. The summed E-state index contributed by atoms with van der Waals surface area (Å²) in [6, 6.07) is 9.53. The molecule has 0 fully saturated rings. The van der Waals surface area contributed by atoms with Crippen molar-refractivity contribution >= 4 is 46.0 Å². The number of amides is 4. The number of nitrogens with zero attached hydrogens (tertiary/aromatic N) is 2. The molecule has 0 bridgehead atoms. The first-order valence-corrected chi connectivity index (χ1v) is 10.9. The third-order valence-electron chi connectivity index (χ3n) is 4.72. The highest BCUT2D eigenvalue weighted by atomic mass is 16.5. The molecule has 2 aromatic carbocycles. The Balaban J connectivity index is 1.42. The third kappa shape index (κ3) is 6.37. The van der Waals surface area contributed by atoms with Crippen LogP contribution in [0, 0.1) is 0 Å². The van der Waals surface area contributed by atoms with E-state index in [1.165, 1.54) is 0 Å². The molecular formula is C22H26N8O5. The van der Waals surface area contributed by atoms with Crippen LogP contribution in [-0.4, -0.2) is 67.5 Å². The molecule has 0 aliphatic heterocycles. The molecule has 2 heterocycles. The van der Waals surface area contributed by atoms with Crippen LogP contribution in [-0.2, 0) is 0 Å². The highest BCUT2D eigenvalue weighted by molar-refractivity contribution is 5.91. The summed E-state index contributed by atoms with van der Waals surface area (Å²) in [7, 11) is 0. The van der Waals surface area contributed by atoms with Gasteiger partial charge in [-0.2, -0.15) is 0 Å². The van der Waals surface area contributed by atoms with Crippen LogP contribution in [0.15, 0.2) is 36.4 Å². The summed E-state index contributed by atoms with van der Waals surface area (Å²) in [6.45, 7) is 3.39. The number of urea groups is 2. The van der Waals surface area contributed by atoms with E-state index in [0.29, 0.717) is 33.6 Å². The highest BCUT2D eigenvalue weighted by Gasteiger charge is 2.11. The first kappa shape index (κ1) is 23.8. The first-order chi connectivity index (χ1) is 16.7. The molecule has 4 amide bonds. The minimum atomic E-state index is -0.653. The van der Waals surface area contributed by atoms with E-state index in [0.717, 1.165) is 0 Å². The van der Waals surface area contributed by atoms with Gasteiger partial charge in [-0.15, -0.1) is 0 Å². The van der Waals surface area contributed by atoms with E-state index in [4.69, 9.17) is 4.74 Å². The van der Waals surface area contributed by atoms with Crippen LogP contribution in [0.1, 0.15) is 13.8 Å². The number of aromatic nitrogens is 4. The van der Waals surface area contributed by atoms with E-state index < -0.39 is 24.3 Å². The Kier molecular flexibility index (Phi) is 6.98.